The third-order valence-corrected chi connectivity index (χ3v) is 7.95. The summed E-state index contributed by atoms with van der Waals surface area (Å²) in [5, 5.41) is 30.5. The van der Waals surface area contributed by atoms with E-state index in [4.69, 9.17) is 26.6 Å². The maximum Gasteiger partial charge on any atom is 0.349 e. The van der Waals surface area contributed by atoms with Gasteiger partial charge in [0.05, 0.1) is 10.4 Å². The fraction of sp³-hybridized carbons (Fsp3) is 0.259. The molecule has 0 bridgehead atoms. The van der Waals surface area contributed by atoms with Crippen molar-refractivity contribution in [1.29, 1.82) is 0 Å². The number of aliphatic carboxylic acids is 1. The molecule has 10 nitrogen and oxygen atoms in total. The number of benzene rings is 2. The van der Waals surface area contributed by atoms with Gasteiger partial charge < -0.3 is 25.4 Å². The zero-order valence-electron chi connectivity index (χ0n) is 20.6. The maximum absolute atomic E-state index is 13.6. The minimum absolute atomic E-state index is 0.0250. The Hall–Kier alpha value is -4.09. The van der Waals surface area contributed by atoms with Crippen molar-refractivity contribution in [1.82, 2.24) is 0 Å². The predicted octanol–water partition coefficient (Wildman–Crippen LogP) is 6.30. The Morgan fingerprint density at radius 3 is 2.28 bits per heavy atom. The van der Waals surface area contributed by atoms with Gasteiger partial charge in [-0.1, -0.05) is 43.0 Å². The Bertz CT molecular complexity index is 1400. The van der Waals surface area contributed by atoms with E-state index in [0.29, 0.717) is 21.8 Å². The zero-order chi connectivity index (χ0) is 28.1. The van der Waals surface area contributed by atoms with Crippen LogP contribution in [-0.4, -0.2) is 51.9 Å². The number of carboxylic acid groups (broad SMARTS) is 3. The maximum atomic E-state index is 13.6. The first kappa shape index (κ1) is 27.9. The van der Waals surface area contributed by atoms with Gasteiger partial charge in [-0.25, -0.2) is 19.2 Å². The van der Waals surface area contributed by atoms with Gasteiger partial charge >= 0.3 is 23.9 Å². The highest BCUT2D eigenvalue weighted by Crippen LogP contribution is 2.46. The monoisotopic (exact) mass is 572 g/mol. The van der Waals surface area contributed by atoms with E-state index in [0.717, 1.165) is 43.4 Å². The standard InChI is InChI=1S/C27H25ClN2O8S/c28-21-22(38-14-20(31)32)24(26(35)36)39-23(21)16-5-4-8-19(13-16)30(18-6-2-1-3-7-18)27(37)29-17-11-9-15(10-12-17)25(33)34/h4-5,8-13,18H,1-3,6-7,14H2,(H,29,37)(H,31,32)(H,33,34)(H,35,36). The molecule has 0 atom stereocenters. The van der Waals surface area contributed by atoms with Gasteiger partial charge in [-0.2, -0.15) is 0 Å². The number of carbonyl (C=O) groups is 4. The molecule has 39 heavy (non-hydrogen) atoms. The van der Waals surface area contributed by atoms with E-state index >= 15 is 0 Å². The lowest BCUT2D eigenvalue weighted by molar-refractivity contribution is -0.139. The molecule has 1 aliphatic carbocycles. The largest absolute Gasteiger partial charge is 0.479 e. The summed E-state index contributed by atoms with van der Waals surface area (Å²) in [6.45, 7) is -0.751. The molecule has 1 heterocycles. The van der Waals surface area contributed by atoms with Crippen LogP contribution in [0.25, 0.3) is 10.4 Å². The number of halogens is 1. The summed E-state index contributed by atoms with van der Waals surface area (Å²) >= 11 is 7.32. The van der Waals surface area contributed by atoms with Gasteiger partial charge in [0.15, 0.2) is 17.2 Å². The molecule has 2 aromatic carbocycles. The Morgan fingerprint density at radius 2 is 1.67 bits per heavy atom. The molecule has 0 spiro atoms. The molecule has 4 rings (SSSR count). The Labute approximate surface area is 232 Å². The zero-order valence-corrected chi connectivity index (χ0v) is 22.1. The van der Waals surface area contributed by atoms with Crippen LogP contribution in [0, 0.1) is 0 Å². The van der Waals surface area contributed by atoms with Gasteiger partial charge in [0.2, 0.25) is 0 Å². The second-order valence-corrected chi connectivity index (χ2v) is 10.3. The summed E-state index contributed by atoms with van der Waals surface area (Å²) in [5.74, 6) is -3.86. The first-order valence-electron chi connectivity index (χ1n) is 12.1. The number of nitrogens with zero attached hydrogens (tertiary/aromatic N) is 1. The molecule has 204 valence electrons. The van der Waals surface area contributed by atoms with E-state index in [9.17, 15) is 24.3 Å². The first-order valence-corrected chi connectivity index (χ1v) is 13.3. The van der Waals surface area contributed by atoms with E-state index in [2.05, 4.69) is 5.32 Å². The number of aromatic carboxylic acids is 2. The highest BCUT2D eigenvalue weighted by Gasteiger charge is 2.29. The summed E-state index contributed by atoms with van der Waals surface area (Å²) in [7, 11) is 0. The Kier molecular flexibility index (Phi) is 8.72. The lowest BCUT2D eigenvalue weighted by Gasteiger charge is -2.34. The van der Waals surface area contributed by atoms with Crippen molar-refractivity contribution in [3.63, 3.8) is 0 Å². The smallest absolute Gasteiger partial charge is 0.349 e. The van der Waals surface area contributed by atoms with Crippen LogP contribution in [0.5, 0.6) is 5.75 Å². The van der Waals surface area contributed by atoms with Crippen molar-refractivity contribution in [2.75, 3.05) is 16.8 Å². The van der Waals surface area contributed by atoms with Crippen molar-refractivity contribution in [2.45, 2.75) is 38.1 Å². The number of amides is 2. The van der Waals surface area contributed by atoms with Gasteiger partial charge in [-0.15, -0.1) is 11.3 Å². The summed E-state index contributed by atoms with van der Waals surface area (Å²) < 4.78 is 5.18. The average Bonchev–Trinajstić information content (AvgIpc) is 3.25. The SMILES string of the molecule is O=C(O)COc1c(C(=O)O)sc(-c2cccc(N(C(=O)Nc3ccc(C(=O)O)cc3)C3CCCCC3)c2)c1Cl. The summed E-state index contributed by atoms with van der Waals surface area (Å²) in [4.78, 5) is 49.3. The first-order chi connectivity index (χ1) is 18.7. The van der Waals surface area contributed by atoms with E-state index in [1.165, 1.54) is 24.3 Å². The van der Waals surface area contributed by atoms with Gasteiger partial charge in [0.25, 0.3) is 0 Å². The Morgan fingerprint density at radius 1 is 0.974 bits per heavy atom. The van der Waals surface area contributed by atoms with Crippen molar-refractivity contribution in [2.24, 2.45) is 0 Å². The van der Waals surface area contributed by atoms with E-state index in [-0.39, 0.29) is 27.3 Å². The van der Waals surface area contributed by atoms with Crippen LogP contribution < -0.4 is 15.0 Å². The number of rotatable bonds is 9. The fourth-order valence-corrected chi connectivity index (χ4v) is 5.90. The molecule has 2 amide bonds. The highest BCUT2D eigenvalue weighted by molar-refractivity contribution is 7.18. The lowest BCUT2D eigenvalue weighted by Crippen LogP contribution is -2.44. The van der Waals surface area contributed by atoms with Gasteiger partial charge in [0, 0.05) is 17.4 Å². The van der Waals surface area contributed by atoms with E-state index < -0.39 is 30.5 Å². The molecule has 1 aliphatic rings. The molecule has 4 N–H and O–H groups in total. The lowest BCUT2D eigenvalue weighted by atomic mass is 9.93. The normalized spacial score (nSPS) is 13.5. The quantitative estimate of drug-likeness (QED) is 0.233. The molecule has 1 fully saturated rings. The molecule has 0 saturated heterocycles. The number of nitrogens with one attached hydrogen (secondary N) is 1. The van der Waals surface area contributed by atoms with Crippen LogP contribution in [-0.2, 0) is 4.79 Å². The highest BCUT2D eigenvalue weighted by atomic mass is 35.5. The molecule has 1 aromatic heterocycles. The molecule has 3 aromatic rings. The van der Waals surface area contributed by atoms with Gasteiger partial charge in [0.1, 0.15) is 5.02 Å². The number of urea groups is 1. The minimum atomic E-state index is -1.30. The van der Waals surface area contributed by atoms with Crippen LogP contribution in [0.3, 0.4) is 0 Å². The second kappa shape index (κ2) is 12.2. The second-order valence-electron chi connectivity index (χ2n) is 8.92. The third-order valence-electron chi connectivity index (χ3n) is 6.27. The number of carbonyl (C=O) groups excluding carboxylic acids is 1. The summed E-state index contributed by atoms with van der Waals surface area (Å²) in [6.07, 6.45) is 4.59. The fourth-order valence-electron chi connectivity index (χ4n) is 4.50. The minimum Gasteiger partial charge on any atom is -0.479 e. The van der Waals surface area contributed by atoms with Crippen LogP contribution in [0.1, 0.15) is 52.1 Å². The summed E-state index contributed by atoms with van der Waals surface area (Å²) in [6, 6.07) is 12.3. The Balaban J connectivity index is 1.69. The number of hydrogen-bond donors (Lipinski definition) is 4. The topological polar surface area (TPSA) is 153 Å². The molecule has 12 heteroatoms. The van der Waals surface area contributed by atoms with E-state index in [1.807, 2.05) is 0 Å². The average molecular weight is 573 g/mol. The summed E-state index contributed by atoms with van der Waals surface area (Å²) in [5.41, 5.74) is 1.64. The van der Waals surface area contributed by atoms with Crippen LogP contribution >= 0.6 is 22.9 Å². The number of anilines is 2. The number of ether oxygens (including phenoxy) is 1. The van der Waals surface area contributed by atoms with Crippen molar-refractivity contribution in [3.05, 3.63) is 64.0 Å². The van der Waals surface area contributed by atoms with Crippen molar-refractivity contribution in [3.8, 4) is 16.2 Å². The number of thiophene rings is 1. The van der Waals surface area contributed by atoms with Crippen LogP contribution in [0.2, 0.25) is 5.02 Å². The van der Waals surface area contributed by atoms with Crippen molar-refractivity contribution >= 4 is 58.3 Å². The number of carboxylic acids is 3. The molecule has 0 radical (unpaired) electrons. The molecular weight excluding hydrogens is 548 g/mol. The van der Waals surface area contributed by atoms with Crippen LogP contribution in [0.15, 0.2) is 48.5 Å². The van der Waals surface area contributed by atoms with E-state index in [1.54, 1.807) is 29.2 Å². The van der Waals surface area contributed by atoms with Gasteiger partial charge in [-0.05, 0) is 54.8 Å². The molecule has 0 unspecified atom stereocenters. The van der Waals surface area contributed by atoms with Gasteiger partial charge in [-0.3, -0.25) is 4.90 Å². The van der Waals surface area contributed by atoms with Crippen LogP contribution in [0.4, 0.5) is 16.2 Å². The van der Waals surface area contributed by atoms with Crippen molar-refractivity contribution < 1.29 is 39.2 Å². The third kappa shape index (κ3) is 6.50. The molecule has 0 aliphatic heterocycles. The predicted molar refractivity (Wildman–Crippen MR) is 147 cm³/mol. The number of hydrogen-bond acceptors (Lipinski definition) is 6. The molecular formula is C27H25ClN2O8S. The molecule has 1 saturated carbocycles.